The Morgan fingerprint density at radius 3 is 2.81 bits per heavy atom. The number of rotatable bonds is 3. The second kappa shape index (κ2) is 4.48. The van der Waals surface area contributed by atoms with Gasteiger partial charge in [0.15, 0.2) is 5.82 Å². The van der Waals surface area contributed by atoms with Crippen LogP contribution in [0.4, 0.5) is 4.39 Å². The Morgan fingerprint density at radius 1 is 1.44 bits per heavy atom. The SMILES string of the molecule is Cn1nnc(CS(=O)c2ccccc2F)n1. The standard InChI is InChI=1S/C9H9FN4OS/c1-14-12-9(11-13-14)6-16(15)8-5-3-2-4-7(8)10/h2-5H,6H2,1H3. The van der Waals surface area contributed by atoms with Crippen LogP contribution in [0.25, 0.3) is 0 Å². The van der Waals surface area contributed by atoms with Crippen LogP contribution in [0, 0.1) is 5.82 Å². The van der Waals surface area contributed by atoms with Crippen molar-refractivity contribution in [3.8, 4) is 0 Å². The van der Waals surface area contributed by atoms with E-state index in [-0.39, 0.29) is 10.6 Å². The van der Waals surface area contributed by atoms with E-state index in [1.165, 1.54) is 16.9 Å². The van der Waals surface area contributed by atoms with Gasteiger partial charge in [-0.2, -0.15) is 4.80 Å². The molecule has 0 fully saturated rings. The molecule has 7 heteroatoms. The molecule has 0 bridgehead atoms. The van der Waals surface area contributed by atoms with Gasteiger partial charge in [0, 0.05) is 0 Å². The first-order chi connectivity index (χ1) is 7.66. The van der Waals surface area contributed by atoms with E-state index in [1.807, 2.05) is 0 Å². The maximum Gasteiger partial charge on any atom is 0.187 e. The summed E-state index contributed by atoms with van der Waals surface area (Å²) in [6, 6.07) is 5.95. The predicted molar refractivity (Wildman–Crippen MR) is 55.3 cm³/mol. The second-order valence-electron chi connectivity index (χ2n) is 3.12. The number of aryl methyl sites for hydroxylation is 1. The summed E-state index contributed by atoms with van der Waals surface area (Å²) in [6.45, 7) is 0. The zero-order valence-electron chi connectivity index (χ0n) is 8.50. The Morgan fingerprint density at radius 2 is 2.19 bits per heavy atom. The smallest absolute Gasteiger partial charge is 0.187 e. The van der Waals surface area contributed by atoms with Gasteiger partial charge in [0.05, 0.1) is 28.5 Å². The van der Waals surface area contributed by atoms with Crippen molar-refractivity contribution in [2.75, 3.05) is 0 Å². The molecule has 5 nitrogen and oxygen atoms in total. The molecule has 0 aliphatic heterocycles. The lowest BCUT2D eigenvalue weighted by Gasteiger charge is -2.00. The van der Waals surface area contributed by atoms with E-state index in [2.05, 4.69) is 15.4 Å². The summed E-state index contributed by atoms with van der Waals surface area (Å²) in [5.74, 6) is -0.0804. The number of nitrogens with zero attached hydrogens (tertiary/aromatic N) is 4. The summed E-state index contributed by atoms with van der Waals surface area (Å²) in [7, 11) is 0.128. The molecule has 0 amide bonds. The van der Waals surface area contributed by atoms with Crippen molar-refractivity contribution in [3.63, 3.8) is 0 Å². The Bertz CT molecular complexity index is 528. The van der Waals surface area contributed by atoms with Crippen LogP contribution in [0.1, 0.15) is 5.82 Å². The molecule has 0 aliphatic carbocycles. The normalized spacial score (nSPS) is 12.6. The van der Waals surface area contributed by atoms with Gasteiger partial charge in [0.1, 0.15) is 5.82 Å². The van der Waals surface area contributed by atoms with Gasteiger partial charge in [0.2, 0.25) is 0 Å². The Kier molecular flexibility index (Phi) is 3.04. The molecule has 2 rings (SSSR count). The van der Waals surface area contributed by atoms with Crippen molar-refractivity contribution < 1.29 is 8.60 Å². The van der Waals surface area contributed by atoms with Crippen molar-refractivity contribution in [2.24, 2.45) is 7.05 Å². The molecular formula is C9H9FN4OS. The van der Waals surface area contributed by atoms with Crippen molar-refractivity contribution in [1.82, 2.24) is 20.2 Å². The fraction of sp³-hybridized carbons (Fsp3) is 0.222. The molecular weight excluding hydrogens is 231 g/mol. The van der Waals surface area contributed by atoms with E-state index >= 15 is 0 Å². The maximum atomic E-state index is 13.3. The van der Waals surface area contributed by atoms with Crippen LogP contribution in [-0.4, -0.2) is 24.4 Å². The third-order valence-corrected chi connectivity index (χ3v) is 3.23. The third-order valence-electron chi connectivity index (χ3n) is 1.89. The lowest BCUT2D eigenvalue weighted by atomic mass is 10.3. The average Bonchev–Trinajstić information content (AvgIpc) is 2.64. The first-order valence-corrected chi connectivity index (χ1v) is 5.84. The lowest BCUT2D eigenvalue weighted by molar-refractivity contribution is 0.595. The molecule has 2 aromatic rings. The van der Waals surface area contributed by atoms with Gasteiger partial charge in [-0.3, -0.25) is 4.21 Å². The summed E-state index contributed by atoms with van der Waals surface area (Å²) in [5, 5.41) is 11.2. The minimum absolute atomic E-state index is 0.0643. The fourth-order valence-electron chi connectivity index (χ4n) is 1.21. The van der Waals surface area contributed by atoms with Crippen LogP contribution in [0.2, 0.25) is 0 Å². The molecule has 0 N–H and O–H groups in total. The Balaban J connectivity index is 2.18. The van der Waals surface area contributed by atoms with Crippen LogP contribution in [0.3, 0.4) is 0 Å². The van der Waals surface area contributed by atoms with Crippen molar-refractivity contribution in [1.29, 1.82) is 0 Å². The molecule has 0 saturated carbocycles. The van der Waals surface area contributed by atoms with Gasteiger partial charge in [-0.25, -0.2) is 4.39 Å². The first kappa shape index (κ1) is 10.9. The number of halogens is 1. The van der Waals surface area contributed by atoms with Gasteiger partial charge in [-0.15, -0.1) is 10.2 Å². The summed E-state index contributed by atoms with van der Waals surface area (Å²) >= 11 is 0. The summed E-state index contributed by atoms with van der Waals surface area (Å²) in [6.07, 6.45) is 0. The largest absolute Gasteiger partial charge is 0.254 e. The van der Waals surface area contributed by atoms with E-state index in [0.29, 0.717) is 5.82 Å². The number of benzene rings is 1. The molecule has 0 radical (unpaired) electrons. The highest BCUT2D eigenvalue weighted by atomic mass is 32.2. The molecule has 1 atom stereocenters. The highest BCUT2D eigenvalue weighted by molar-refractivity contribution is 7.84. The number of hydrogen-bond acceptors (Lipinski definition) is 4. The van der Waals surface area contributed by atoms with Crippen LogP contribution in [0.5, 0.6) is 0 Å². The molecule has 1 aromatic carbocycles. The van der Waals surface area contributed by atoms with Crippen LogP contribution >= 0.6 is 0 Å². The first-order valence-electron chi connectivity index (χ1n) is 4.52. The quantitative estimate of drug-likeness (QED) is 0.790. The topological polar surface area (TPSA) is 60.7 Å². The maximum absolute atomic E-state index is 13.3. The van der Waals surface area contributed by atoms with E-state index in [0.717, 1.165) is 0 Å². The van der Waals surface area contributed by atoms with Crippen LogP contribution in [-0.2, 0) is 23.6 Å². The van der Waals surface area contributed by atoms with Crippen molar-refractivity contribution >= 4 is 10.8 Å². The van der Waals surface area contributed by atoms with Gasteiger partial charge in [-0.1, -0.05) is 12.1 Å². The minimum Gasteiger partial charge on any atom is -0.254 e. The molecule has 0 saturated heterocycles. The molecule has 0 aliphatic rings. The van der Waals surface area contributed by atoms with E-state index < -0.39 is 16.6 Å². The molecule has 0 spiro atoms. The Labute approximate surface area is 93.7 Å². The highest BCUT2D eigenvalue weighted by Crippen LogP contribution is 2.13. The van der Waals surface area contributed by atoms with Crippen molar-refractivity contribution in [3.05, 3.63) is 35.9 Å². The zero-order valence-corrected chi connectivity index (χ0v) is 9.32. The zero-order chi connectivity index (χ0) is 11.5. The number of tetrazole rings is 1. The monoisotopic (exact) mass is 240 g/mol. The number of hydrogen-bond donors (Lipinski definition) is 0. The average molecular weight is 240 g/mol. The minimum atomic E-state index is -1.49. The number of aromatic nitrogens is 4. The van der Waals surface area contributed by atoms with Gasteiger partial charge in [-0.05, 0) is 17.3 Å². The Hall–Kier alpha value is -1.63. The molecule has 1 aromatic heterocycles. The van der Waals surface area contributed by atoms with Gasteiger partial charge < -0.3 is 0 Å². The molecule has 1 heterocycles. The molecule has 84 valence electrons. The van der Waals surface area contributed by atoms with E-state index in [1.54, 1.807) is 19.2 Å². The highest BCUT2D eigenvalue weighted by Gasteiger charge is 2.12. The summed E-state index contributed by atoms with van der Waals surface area (Å²) in [4.78, 5) is 1.43. The van der Waals surface area contributed by atoms with E-state index in [4.69, 9.17) is 0 Å². The molecule has 16 heavy (non-hydrogen) atoms. The van der Waals surface area contributed by atoms with E-state index in [9.17, 15) is 8.60 Å². The van der Waals surface area contributed by atoms with Crippen molar-refractivity contribution in [2.45, 2.75) is 10.6 Å². The fourth-order valence-corrected chi connectivity index (χ4v) is 2.23. The lowest BCUT2D eigenvalue weighted by Crippen LogP contribution is -2.01. The van der Waals surface area contributed by atoms with Gasteiger partial charge >= 0.3 is 0 Å². The van der Waals surface area contributed by atoms with Crippen LogP contribution < -0.4 is 0 Å². The predicted octanol–water partition coefficient (Wildman–Crippen LogP) is 0.657. The molecule has 1 unspecified atom stereocenters. The second-order valence-corrected chi connectivity index (χ2v) is 4.53. The summed E-state index contributed by atoms with van der Waals surface area (Å²) in [5.41, 5.74) is 0. The van der Waals surface area contributed by atoms with Crippen LogP contribution in [0.15, 0.2) is 29.2 Å². The summed E-state index contributed by atoms with van der Waals surface area (Å²) < 4.78 is 25.1. The third kappa shape index (κ3) is 2.30. The van der Waals surface area contributed by atoms with Gasteiger partial charge in [0.25, 0.3) is 0 Å².